The van der Waals surface area contributed by atoms with Gasteiger partial charge in [-0.15, -0.1) is 0 Å². The lowest BCUT2D eigenvalue weighted by atomic mass is 10.9. The maximum absolute atomic E-state index is 9.00. The highest BCUT2D eigenvalue weighted by atomic mass is 16.4. The molecule has 8 heavy (non-hydrogen) atoms. The summed E-state index contributed by atoms with van der Waals surface area (Å²) < 4.78 is 0. The molecule has 0 aliphatic heterocycles. The number of hydrogen-bond donors (Lipinski definition) is 1. The van der Waals surface area contributed by atoms with Crippen LogP contribution in [-0.4, -0.2) is 17.0 Å². The maximum atomic E-state index is 9.00. The predicted octanol–water partition coefficient (Wildman–Crippen LogP) is 0.0543. The number of carboxylic acid groups (broad SMARTS) is 1. The van der Waals surface area contributed by atoms with Crippen molar-refractivity contribution in [1.82, 2.24) is 0 Å². The number of rotatable bonds is 0. The van der Waals surface area contributed by atoms with E-state index in [1.165, 1.54) is 0 Å². The van der Waals surface area contributed by atoms with Gasteiger partial charge in [0, 0.05) is 13.8 Å². The SMILES string of the molecule is CC(=O)O.CC([O])=O. The van der Waals surface area contributed by atoms with Gasteiger partial charge in [-0.25, -0.2) is 9.90 Å². The lowest BCUT2D eigenvalue weighted by molar-refractivity contribution is -0.140. The Hall–Kier alpha value is -1.06. The third-order valence-electron chi connectivity index (χ3n) is 0. The van der Waals surface area contributed by atoms with E-state index in [0.717, 1.165) is 13.8 Å². The van der Waals surface area contributed by atoms with Gasteiger partial charge in [-0.1, -0.05) is 0 Å². The molecular weight excluding hydrogens is 112 g/mol. The van der Waals surface area contributed by atoms with Crippen molar-refractivity contribution in [2.75, 3.05) is 0 Å². The first kappa shape index (κ1) is 10.0. The van der Waals surface area contributed by atoms with Crippen LogP contribution in [0.25, 0.3) is 0 Å². The number of carbonyl (C=O) groups excluding carboxylic acids is 1. The second kappa shape index (κ2) is 5.94. The van der Waals surface area contributed by atoms with Crippen molar-refractivity contribution < 1.29 is 19.8 Å². The van der Waals surface area contributed by atoms with Gasteiger partial charge in [-0.05, 0) is 0 Å². The molecule has 0 aliphatic carbocycles. The van der Waals surface area contributed by atoms with Gasteiger partial charge in [0.2, 0.25) is 0 Å². The minimum atomic E-state index is -1.08. The van der Waals surface area contributed by atoms with Crippen LogP contribution in [0.4, 0.5) is 0 Å². The molecule has 0 unspecified atom stereocenters. The minimum absolute atomic E-state index is 0.833. The molecule has 0 aromatic rings. The van der Waals surface area contributed by atoms with Gasteiger partial charge in [0.1, 0.15) is 0 Å². The highest BCUT2D eigenvalue weighted by Gasteiger charge is 1.71. The Morgan fingerprint density at radius 3 is 1.25 bits per heavy atom. The highest BCUT2D eigenvalue weighted by Crippen LogP contribution is 1.45. The smallest absolute Gasteiger partial charge is 0.352 e. The van der Waals surface area contributed by atoms with Crippen LogP contribution in [0.1, 0.15) is 13.8 Å². The molecule has 0 aliphatic rings. The zero-order valence-electron chi connectivity index (χ0n) is 4.67. The number of carbonyl (C=O) groups is 2. The van der Waals surface area contributed by atoms with E-state index in [-0.39, 0.29) is 0 Å². The van der Waals surface area contributed by atoms with Crippen molar-refractivity contribution in [2.45, 2.75) is 13.8 Å². The molecule has 0 atom stereocenters. The van der Waals surface area contributed by atoms with E-state index in [4.69, 9.17) is 19.8 Å². The number of carboxylic acids is 1. The summed E-state index contributed by atoms with van der Waals surface area (Å²) in [6, 6.07) is 0. The molecule has 0 saturated heterocycles. The fraction of sp³-hybridized carbons (Fsp3) is 0.500. The van der Waals surface area contributed by atoms with E-state index in [9.17, 15) is 0 Å². The van der Waals surface area contributed by atoms with Crippen LogP contribution in [0.5, 0.6) is 0 Å². The molecule has 1 N–H and O–H groups in total. The van der Waals surface area contributed by atoms with E-state index < -0.39 is 11.9 Å². The van der Waals surface area contributed by atoms with Gasteiger partial charge in [0.15, 0.2) is 0 Å². The zero-order valence-corrected chi connectivity index (χ0v) is 4.67. The van der Waals surface area contributed by atoms with E-state index in [1.807, 2.05) is 0 Å². The highest BCUT2D eigenvalue weighted by molar-refractivity contribution is 5.63. The average Bonchev–Trinajstić information content (AvgIpc) is 1.25. The number of hydrogen-bond acceptors (Lipinski definition) is 2. The molecule has 47 valence electrons. The van der Waals surface area contributed by atoms with Crippen LogP contribution in [0.3, 0.4) is 0 Å². The molecule has 0 aromatic heterocycles. The first-order valence-electron chi connectivity index (χ1n) is 1.84. The molecule has 4 nitrogen and oxygen atoms in total. The molecule has 0 spiro atoms. The van der Waals surface area contributed by atoms with Crippen LogP contribution >= 0.6 is 0 Å². The Balaban J connectivity index is 0. The summed E-state index contributed by atoms with van der Waals surface area (Å²) in [7, 11) is 0. The molecule has 4 heteroatoms. The molecular formula is C4H7O4. The third-order valence-corrected chi connectivity index (χ3v) is 0. The van der Waals surface area contributed by atoms with Gasteiger partial charge < -0.3 is 5.11 Å². The maximum Gasteiger partial charge on any atom is 0.352 e. The van der Waals surface area contributed by atoms with Gasteiger partial charge >= 0.3 is 5.97 Å². The summed E-state index contributed by atoms with van der Waals surface area (Å²) in [5, 5.41) is 16.3. The summed E-state index contributed by atoms with van der Waals surface area (Å²) >= 11 is 0. The van der Waals surface area contributed by atoms with Gasteiger partial charge in [-0.2, -0.15) is 0 Å². The fourth-order valence-electron chi connectivity index (χ4n) is 0. The molecule has 0 amide bonds. The summed E-state index contributed by atoms with van der Waals surface area (Å²) in [6.45, 7) is 2.06. The minimum Gasteiger partial charge on any atom is -0.481 e. The Labute approximate surface area is 46.8 Å². The average molecular weight is 119 g/mol. The Kier molecular flexibility index (Phi) is 7.45. The van der Waals surface area contributed by atoms with Crippen molar-refractivity contribution in [2.24, 2.45) is 0 Å². The van der Waals surface area contributed by atoms with E-state index in [0.29, 0.717) is 0 Å². The standard InChI is InChI=1S/C2H4O2.C2H3O2/c2*1-2(3)4/h1H3,(H,3,4);1H3. The topological polar surface area (TPSA) is 74.3 Å². The van der Waals surface area contributed by atoms with E-state index in [1.54, 1.807) is 0 Å². The van der Waals surface area contributed by atoms with Gasteiger partial charge in [0.05, 0.1) is 0 Å². The third kappa shape index (κ3) is 68.3. The quantitative estimate of drug-likeness (QED) is 0.489. The van der Waals surface area contributed by atoms with Crippen LogP contribution < -0.4 is 0 Å². The van der Waals surface area contributed by atoms with Crippen molar-refractivity contribution >= 4 is 11.9 Å². The first-order chi connectivity index (χ1) is 3.46. The Morgan fingerprint density at radius 2 is 1.25 bits per heavy atom. The summed E-state index contributed by atoms with van der Waals surface area (Å²) in [6.07, 6.45) is 0. The molecule has 0 heterocycles. The molecule has 0 bridgehead atoms. The van der Waals surface area contributed by atoms with E-state index in [2.05, 4.69) is 0 Å². The second-order valence-electron chi connectivity index (χ2n) is 1.01. The van der Waals surface area contributed by atoms with Crippen LogP contribution in [0.15, 0.2) is 0 Å². The van der Waals surface area contributed by atoms with Gasteiger partial charge in [0.25, 0.3) is 5.97 Å². The van der Waals surface area contributed by atoms with Crippen molar-refractivity contribution in [3.05, 3.63) is 0 Å². The van der Waals surface area contributed by atoms with Crippen LogP contribution in [0, 0.1) is 0 Å². The predicted molar refractivity (Wildman–Crippen MR) is 24.7 cm³/mol. The largest absolute Gasteiger partial charge is 0.481 e. The van der Waals surface area contributed by atoms with Crippen LogP contribution in [-0.2, 0) is 14.7 Å². The van der Waals surface area contributed by atoms with Crippen molar-refractivity contribution in [1.29, 1.82) is 0 Å². The molecule has 0 aromatic carbocycles. The fourth-order valence-corrected chi connectivity index (χ4v) is 0. The lowest BCUT2D eigenvalue weighted by Gasteiger charge is -1.59. The van der Waals surface area contributed by atoms with Crippen molar-refractivity contribution in [3.63, 3.8) is 0 Å². The summed E-state index contributed by atoms with van der Waals surface area (Å²) in [4.78, 5) is 17.9. The Morgan fingerprint density at radius 1 is 1.25 bits per heavy atom. The monoisotopic (exact) mass is 119 g/mol. The zero-order chi connectivity index (χ0) is 7.15. The van der Waals surface area contributed by atoms with Crippen molar-refractivity contribution in [3.8, 4) is 0 Å². The molecule has 0 saturated carbocycles. The second-order valence-corrected chi connectivity index (χ2v) is 1.01. The lowest BCUT2D eigenvalue weighted by Crippen LogP contribution is -1.78. The number of aliphatic carboxylic acids is 1. The molecule has 0 rings (SSSR count). The Bertz CT molecular complexity index is 66.0. The summed E-state index contributed by atoms with van der Waals surface area (Å²) in [5.41, 5.74) is 0. The van der Waals surface area contributed by atoms with Crippen LogP contribution in [0.2, 0.25) is 0 Å². The summed E-state index contributed by atoms with van der Waals surface area (Å²) in [5.74, 6) is -1.92. The first-order valence-corrected chi connectivity index (χ1v) is 1.84. The molecule has 1 radical (unpaired) electrons. The van der Waals surface area contributed by atoms with Gasteiger partial charge in [-0.3, -0.25) is 4.79 Å². The van der Waals surface area contributed by atoms with E-state index >= 15 is 0 Å². The normalized spacial score (nSPS) is 6.25. The molecule has 0 fully saturated rings.